The molecule has 104 valence electrons. The zero-order valence-electron chi connectivity index (χ0n) is 11.2. The second-order valence-electron chi connectivity index (χ2n) is 5.40. The molecule has 5 nitrogen and oxygen atoms in total. The number of rotatable bonds is 3. The van der Waals surface area contributed by atoms with Crippen molar-refractivity contribution >= 4 is 23.2 Å². The van der Waals surface area contributed by atoms with E-state index in [0.29, 0.717) is 11.3 Å². The first-order valence-corrected chi connectivity index (χ1v) is 6.48. The van der Waals surface area contributed by atoms with Crippen LogP contribution in [0.25, 0.3) is 0 Å². The number of nitrogens with one attached hydrogen (secondary N) is 1. The number of pyridine rings is 1. The van der Waals surface area contributed by atoms with Crippen molar-refractivity contribution in [2.45, 2.75) is 32.4 Å². The molecule has 6 heteroatoms. The molecule has 0 radical (unpaired) electrons. The smallest absolute Gasteiger partial charge is 0.253 e. The van der Waals surface area contributed by atoms with Gasteiger partial charge in [-0.2, -0.15) is 0 Å². The van der Waals surface area contributed by atoms with E-state index in [1.165, 1.54) is 12.3 Å². The van der Waals surface area contributed by atoms with Crippen molar-refractivity contribution in [2.75, 3.05) is 12.8 Å². The van der Waals surface area contributed by atoms with Crippen LogP contribution in [0.4, 0.5) is 5.69 Å². The number of ether oxygens (including phenoxy) is 1. The van der Waals surface area contributed by atoms with E-state index in [4.69, 9.17) is 22.1 Å². The van der Waals surface area contributed by atoms with Crippen LogP contribution in [0, 0.1) is 5.41 Å². The molecule has 1 aromatic rings. The van der Waals surface area contributed by atoms with Crippen LogP contribution in [0.15, 0.2) is 12.3 Å². The summed E-state index contributed by atoms with van der Waals surface area (Å²) in [6, 6.07) is 1.54. The van der Waals surface area contributed by atoms with Crippen LogP contribution >= 0.6 is 11.6 Å². The first-order chi connectivity index (χ1) is 8.86. The van der Waals surface area contributed by atoms with E-state index in [0.717, 1.165) is 6.42 Å². The average Bonchev–Trinajstić information content (AvgIpc) is 2.36. The fraction of sp³-hybridized carbons (Fsp3) is 0.538. The van der Waals surface area contributed by atoms with E-state index in [1.807, 2.05) is 0 Å². The fourth-order valence-corrected chi connectivity index (χ4v) is 2.56. The minimum absolute atomic E-state index is 0.0660. The first kappa shape index (κ1) is 14.1. The molecular weight excluding hydrogens is 266 g/mol. The molecule has 2 atom stereocenters. The maximum absolute atomic E-state index is 12.2. The number of carbonyl (C=O) groups excluding carboxylic acids is 1. The third-order valence-corrected chi connectivity index (χ3v) is 4.12. The molecule has 0 bridgehead atoms. The second-order valence-corrected chi connectivity index (χ2v) is 5.79. The van der Waals surface area contributed by atoms with Gasteiger partial charge in [0.25, 0.3) is 5.91 Å². The van der Waals surface area contributed by atoms with Crippen LogP contribution in [-0.4, -0.2) is 30.1 Å². The molecule has 1 aliphatic rings. The van der Waals surface area contributed by atoms with Crippen molar-refractivity contribution in [1.82, 2.24) is 10.3 Å². The molecule has 19 heavy (non-hydrogen) atoms. The van der Waals surface area contributed by atoms with E-state index in [1.54, 1.807) is 7.11 Å². The second kappa shape index (κ2) is 4.98. The third kappa shape index (κ3) is 2.53. The zero-order chi connectivity index (χ0) is 14.2. The lowest BCUT2D eigenvalue weighted by molar-refractivity contribution is -0.0942. The number of hydrogen-bond acceptors (Lipinski definition) is 4. The first-order valence-electron chi connectivity index (χ1n) is 6.11. The highest BCUT2D eigenvalue weighted by Crippen LogP contribution is 2.42. The fourth-order valence-electron chi connectivity index (χ4n) is 2.40. The lowest BCUT2D eigenvalue weighted by Gasteiger charge is -2.51. The standard InChI is InChI=1S/C13H18ClN3O2/c1-13(2)9(5-10(13)19-3)17-12(18)7-4-11(14)16-6-8(7)15/h4,6,9-10H,5,15H2,1-3H3,(H,17,18). The Balaban J connectivity index is 2.09. The summed E-state index contributed by atoms with van der Waals surface area (Å²) in [5, 5.41) is 3.22. The Morgan fingerprint density at radius 3 is 2.89 bits per heavy atom. The SMILES string of the molecule is COC1CC(NC(=O)c2cc(Cl)ncc2N)C1(C)C. The number of amides is 1. The van der Waals surface area contributed by atoms with Gasteiger partial charge >= 0.3 is 0 Å². The molecular formula is C13H18ClN3O2. The third-order valence-electron chi connectivity index (χ3n) is 3.91. The maximum Gasteiger partial charge on any atom is 0.253 e. The van der Waals surface area contributed by atoms with Crippen molar-refractivity contribution in [1.29, 1.82) is 0 Å². The van der Waals surface area contributed by atoms with Gasteiger partial charge in [-0.25, -0.2) is 4.98 Å². The summed E-state index contributed by atoms with van der Waals surface area (Å²) in [5.74, 6) is -0.227. The Hall–Kier alpha value is -1.33. The van der Waals surface area contributed by atoms with E-state index < -0.39 is 0 Å². The van der Waals surface area contributed by atoms with Gasteiger partial charge in [0.05, 0.1) is 23.6 Å². The van der Waals surface area contributed by atoms with Crippen molar-refractivity contribution in [3.8, 4) is 0 Å². The van der Waals surface area contributed by atoms with Crippen molar-refractivity contribution < 1.29 is 9.53 Å². The van der Waals surface area contributed by atoms with Crippen LogP contribution < -0.4 is 11.1 Å². The Kier molecular flexibility index (Phi) is 3.69. The summed E-state index contributed by atoms with van der Waals surface area (Å²) in [7, 11) is 1.69. The van der Waals surface area contributed by atoms with Crippen LogP contribution in [0.5, 0.6) is 0 Å². The average molecular weight is 284 g/mol. The summed E-state index contributed by atoms with van der Waals surface area (Å²) in [4.78, 5) is 16.0. The highest BCUT2D eigenvalue weighted by atomic mass is 35.5. The summed E-state index contributed by atoms with van der Waals surface area (Å²) in [6.45, 7) is 4.14. The predicted octanol–water partition coefficient (Wildman–Crippen LogP) is 1.86. The van der Waals surface area contributed by atoms with Gasteiger partial charge in [0.15, 0.2) is 0 Å². The topological polar surface area (TPSA) is 77.2 Å². The molecule has 1 heterocycles. The molecule has 3 N–H and O–H groups in total. The number of nitrogens with two attached hydrogens (primary N) is 1. The van der Waals surface area contributed by atoms with Crippen molar-refractivity contribution in [3.05, 3.63) is 23.0 Å². The molecule has 1 fully saturated rings. The molecule has 0 saturated heterocycles. The van der Waals surface area contributed by atoms with E-state index in [9.17, 15) is 4.79 Å². The van der Waals surface area contributed by atoms with Crippen molar-refractivity contribution in [2.24, 2.45) is 5.41 Å². The van der Waals surface area contributed by atoms with Gasteiger partial charge in [-0.15, -0.1) is 0 Å². The molecule has 0 aliphatic heterocycles. The number of anilines is 1. The summed E-state index contributed by atoms with van der Waals surface area (Å²) in [5.41, 5.74) is 6.33. The van der Waals surface area contributed by atoms with Crippen molar-refractivity contribution in [3.63, 3.8) is 0 Å². The Morgan fingerprint density at radius 1 is 1.63 bits per heavy atom. The Labute approximate surface area is 117 Å². The number of carbonyl (C=O) groups is 1. The van der Waals surface area contributed by atoms with Crippen LogP contribution in [0.1, 0.15) is 30.6 Å². The number of methoxy groups -OCH3 is 1. The van der Waals surface area contributed by atoms with Gasteiger partial charge in [-0.1, -0.05) is 25.4 Å². The molecule has 1 saturated carbocycles. The van der Waals surface area contributed by atoms with Gasteiger partial charge in [0.2, 0.25) is 0 Å². The number of halogens is 1. The van der Waals surface area contributed by atoms with Gasteiger partial charge in [0.1, 0.15) is 5.15 Å². The number of nitrogens with zero attached hydrogens (tertiary/aromatic N) is 1. The van der Waals surface area contributed by atoms with E-state index >= 15 is 0 Å². The Bertz CT molecular complexity index is 505. The summed E-state index contributed by atoms with van der Waals surface area (Å²) < 4.78 is 5.35. The number of aromatic nitrogens is 1. The molecule has 1 aromatic heterocycles. The van der Waals surface area contributed by atoms with Gasteiger partial charge in [0, 0.05) is 18.6 Å². The highest BCUT2D eigenvalue weighted by Gasteiger charge is 2.49. The molecule has 1 amide bonds. The van der Waals surface area contributed by atoms with Gasteiger partial charge in [-0.3, -0.25) is 4.79 Å². The maximum atomic E-state index is 12.2. The van der Waals surface area contributed by atoms with E-state index in [2.05, 4.69) is 24.1 Å². The molecule has 2 rings (SSSR count). The number of hydrogen-bond donors (Lipinski definition) is 2. The normalized spacial score (nSPS) is 24.6. The largest absolute Gasteiger partial charge is 0.397 e. The monoisotopic (exact) mass is 283 g/mol. The number of nitrogen functional groups attached to an aromatic ring is 1. The Morgan fingerprint density at radius 2 is 2.32 bits per heavy atom. The minimum Gasteiger partial charge on any atom is -0.397 e. The minimum atomic E-state index is -0.227. The molecule has 2 unspecified atom stereocenters. The highest BCUT2D eigenvalue weighted by molar-refractivity contribution is 6.29. The molecule has 0 aromatic carbocycles. The van der Waals surface area contributed by atoms with Crippen LogP contribution in [0.2, 0.25) is 5.15 Å². The summed E-state index contributed by atoms with van der Waals surface area (Å²) in [6.07, 6.45) is 2.35. The lowest BCUT2D eigenvalue weighted by atomic mass is 9.64. The molecule has 0 spiro atoms. The van der Waals surface area contributed by atoms with Gasteiger partial charge in [-0.05, 0) is 12.5 Å². The zero-order valence-corrected chi connectivity index (χ0v) is 12.0. The quantitative estimate of drug-likeness (QED) is 0.830. The lowest BCUT2D eigenvalue weighted by Crippen LogP contribution is -2.61. The molecule has 1 aliphatic carbocycles. The summed E-state index contributed by atoms with van der Waals surface area (Å²) >= 11 is 5.78. The van der Waals surface area contributed by atoms with Crippen LogP contribution in [-0.2, 0) is 4.74 Å². The predicted molar refractivity (Wildman–Crippen MR) is 74.1 cm³/mol. The van der Waals surface area contributed by atoms with Gasteiger partial charge < -0.3 is 15.8 Å². The van der Waals surface area contributed by atoms with E-state index in [-0.39, 0.29) is 28.6 Å². The van der Waals surface area contributed by atoms with Crippen LogP contribution in [0.3, 0.4) is 0 Å².